The van der Waals surface area contributed by atoms with Crippen molar-refractivity contribution in [2.75, 3.05) is 0 Å². The number of amides is 1. The number of carbonyl (C=O) groups is 2. The Hall–Kier alpha value is -2.27. The molecule has 1 N–H and O–H groups in total. The Bertz CT molecular complexity index is 1040. The van der Waals surface area contributed by atoms with Crippen molar-refractivity contribution < 1.29 is 36.3 Å². The number of piperidine rings is 1. The first-order valence-electron chi connectivity index (χ1n) is 10.9. The minimum Gasteiger partial charge on any atom is -0.395 e. The lowest BCUT2D eigenvalue weighted by molar-refractivity contribution is -0.286. The van der Waals surface area contributed by atoms with Gasteiger partial charge in [-0.25, -0.2) is 8.42 Å². The normalized spacial score (nSPS) is 29.8. The molecule has 8 nitrogen and oxygen atoms in total. The number of hydrogen-bond donors (Lipinski definition) is 1. The van der Waals surface area contributed by atoms with Crippen LogP contribution in [0.5, 0.6) is 11.5 Å². The van der Waals surface area contributed by atoms with Crippen molar-refractivity contribution in [1.82, 2.24) is 9.62 Å². The van der Waals surface area contributed by atoms with Gasteiger partial charge in [0.1, 0.15) is 5.78 Å². The van der Waals surface area contributed by atoms with Crippen LogP contribution in [0, 0.1) is 0 Å². The molecule has 4 aliphatic rings. The molecule has 2 saturated heterocycles. The van der Waals surface area contributed by atoms with Gasteiger partial charge < -0.3 is 14.8 Å². The lowest BCUT2D eigenvalue weighted by Gasteiger charge is -2.40. The van der Waals surface area contributed by atoms with Crippen molar-refractivity contribution in [3.8, 4) is 11.5 Å². The van der Waals surface area contributed by atoms with Crippen LogP contribution in [0.25, 0.3) is 0 Å². The molecule has 3 aliphatic heterocycles. The highest BCUT2D eigenvalue weighted by atomic mass is 32.2. The molecule has 1 aliphatic carbocycles. The van der Waals surface area contributed by atoms with E-state index >= 15 is 0 Å². The molecule has 11 heteroatoms. The maximum absolute atomic E-state index is 13.3. The first kappa shape index (κ1) is 21.6. The Labute approximate surface area is 184 Å². The molecule has 0 spiro atoms. The Kier molecular flexibility index (Phi) is 5.16. The van der Waals surface area contributed by atoms with E-state index in [-0.39, 0.29) is 41.0 Å². The number of nitrogens with one attached hydrogen (secondary N) is 1. The molecule has 1 aromatic rings. The molecule has 174 valence electrons. The van der Waals surface area contributed by atoms with Gasteiger partial charge in [-0.1, -0.05) is 0 Å². The summed E-state index contributed by atoms with van der Waals surface area (Å²) in [7, 11) is -3.50. The van der Waals surface area contributed by atoms with Gasteiger partial charge >= 0.3 is 6.29 Å². The van der Waals surface area contributed by atoms with E-state index in [2.05, 4.69) is 14.8 Å². The summed E-state index contributed by atoms with van der Waals surface area (Å²) in [5, 5.41) is 2.40. The fourth-order valence-corrected chi connectivity index (χ4v) is 7.80. The number of carbonyl (C=O) groups excluding carboxylic acids is 2. The molecular formula is C21H24F2N2O6S. The van der Waals surface area contributed by atoms with E-state index in [0.717, 1.165) is 12.8 Å². The highest BCUT2D eigenvalue weighted by Crippen LogP contribution is 2.42. The summed E-state index contributed by atoms with van der Waals surface area (Å²) < 4.78 is 63.3. The van der Waals surface area contributed by atoms with Crippen LogP contribution in [-0.4, -0.2) is 54.1 Å². The fourth-order valence-electron chi connectivity index (χ4n) is 5.41. The lowest BCUT2D eigenvalue weighted by atomic mass is 9.99. The zero-order chi connectivity index (χ0) is 22.7. The Morgan fingerprint density at radius 1 is 1.03 bits per heavy atom. The van der Waals surface area contributed by atoms with Gasteiger partial charge in [0.2, 0.25) is 10.0 Å². The number of hydrogen-bond acceptors (Lipinski definition) is 6. The summed E-state index contributed by atoms with van der Waals surface area (Å²) in [4.78, 5) is 24.2. The van der Waals surface area contributed by atoms with Crippen molar-refractivity contribution in [1.29, 1.82) is 0 Å². The van der Waals surface area contributed by atoms with Crippen LogP contribution in [-0.2, 0) is 14.8 Å². The number of Topliss-reactive ketones (excluding diaryl/α,β-unsaturated/α-hetero) is 1. The second-order valence-electron chi connectivity index (χ2n) is 8.97. The maximum Gasteiger partial charge on any atom is 0.586 e. The molecule has 2 bridgehead atoms. The van der Waals surface area contributed by atoms with E-state index in [1.54, 1.807) is 4.31 Å². The predicted octanol–water partition coefficient (Wildman–Crippen LogP) is 2.57. The number of benzene rings is 1. The third-order valence-corrected chi connectivity index (χ3v) is 9.37. The Balaban J connectivity index is 1.24. The van der Waals surface area contributed by atoms with Crippen molar-refractivity contribution in [3.05, 3.63) is 23.8 Å². The van der Waals surface area contributed by atoms with Gasteiger partial charge in [-0.3, -0.25) is 9.59 Å². The van der Waals surface area contributed by atoms with Crippen LogP contribution < -0.4 is 14.8 Å². The molecule has 5 rings (SSSR count). The number of alkyl halides is 2. The van der Waals surface area contributed by atoms with Crippen LogP contribution in [0.2, 0.25) is 0 Å². The van der Waals surface area contributed by atoms with E-state index in [1.807, 2.05) is 0 Å². The first-order chi connectivity index (χ1) is 15.1. The van der Waals surface area contributed by atoms with Crippen LogP contribution >= 0.6 is 0 Å². The molecule has 3 fully saturated rings. The molecule has 32 heavy (non-hydrogen) atoms. The van der Waals surface area contributed by atoms with E-state index in [4.69, 9.17) is 0 Å². The number of ether oxygens (including phenoxy) is 2. The number of rotatable bonds is 4. The summed E-state index contributed by atoms with van der Waals surface area (Å²) in [5.74, 6) is -0.645. The molecule has 1 saturated carbocycles. The average Bonchev–Trinajstić information content (AvgIpc) is 3.19. The summed E-state index contributed by atoms with van der Waals surface area (Å²) in [6, 6.07) is 3.28. The minimum absolute atomic E-state index is 0.119. The molecular weight excluding hydrogens is 446 g/mol. The largest absolute Gasteiger partial charge is 0.586 e. The van der Waals surface area contributed by atoms with Gasteiger partial charge in [0.25, 0.3) is 5.91 Å². The number of sulfonamides is 1. The van der Waals surface area contributed by atoms with Gasteiger partial charge in [-0.2, -0.15) is 4.31 Å². The van der Waals surface area contributed by atoms with Crippen molar-refractivity contribution in [2.24, 2.45) is 0 Å². The Morgan fingerprint density at radius 3 is 2.31 bits per heavy atom. The SMILES string of the molecule is O=C1CCC(S(=O)(=O)N2[C@@H]3CC[C@H]2C[C@@H](NC(=O)c2ccc4c(c2)OC(F)(F)O4)C3)CC1. The second kappa shape index (κ2) is 7.65. The van der Waals surface area contributed by atoms with Gasteiger partial charge in [0.05, 0.1) is 5.25 Å². The van der Waals surface area contributed by atoms with Crippen molar-refractivity contribution in [2.45, 2.75) is 81.0 Å². The smallest absolute Gasteiger partial charge is 0.395 e. The van der Waals surface area contributed by atoms with E-state index < -0.39 is 27.5 Å². The number of nitrogens with zero attached hydrogens (tertiary/aromatic N) is 1. The third kappa shape index (κ3) is 3.85. The minimum atomic E-state index is -3.75. The fraction of sp³-hybridized carbons (Fsp3) is 0.619. The van der Waals surface area contributed by atoms with Crippen molar-refractivity contribution in [3.63, 3.8) is 0 Å². The number of ketones is 1. The predicted molar refractivity (Wildman–Crippen MR) is 108 cm³/mol. The molecule has 3 heterocycles. The Morgan fingerprint density at radius 2 is 1.66 bits per heavy atom. The quantitative estimate of drug-likeness (QED) is 0.726. The average molecular weight is 470 g/mol. The van der Waals surface area contributed by atoms with E-state index in [0.29, 0.717) is 38.5 Å². The topological polar surface area (TPSA) is 102 Å². The molecule has 0 aromatic heterocycles. The molecule has 1 amide bonds. The van der Waals surface area contributed by atoms with Gasteiger partial charge in [-0.05, 0) is 56.7 Å². The lowest BCUT2D eigenvalue weighted by Crippen LogP contribution is -2.54. The van der Waals surface area contributed by atoms with E-state index in [1.165, 1.54) is 18.2 Å². The highest BCUT2D eigenvalue weighted by molar-refractivity contribution is 7.89. The number of fused-ring (bicyclic) bond motifs is 3. The third-order valence-electron chi connectivity index (χ3n) is 6.87. The molecule has 3 atom stereocenters. The zero-order valence-electron chi connectivity index (χ0n) is 17.3. The molecule has 0 unspecified atom stereocenters. The standard InChI is InChI=1S/C21H24F2N2O6S/c22-21(23)30-18-8-1-12(9-19(18)31-21)20(27)24-13-10-14-2-3-15(11-13)25(14)32(28,29)17-6-4-16(26)5-7-17/h1,8-9,13-15,17H,2-7,10-11H2,(H,24,27)/t13-,14+,15-. The van der Waals surface area contributed by atoms with Crippen LogP contribution in [0.15, 0.2) is 18.2 Å². The van der Waals surface area contributed by atoms with Gasteiger partial charge in [0.15, 0.2) is 11.5 Å². The van der Waals surface area contributed by atoms with Gasteiger partial charge in [0, 0.05) is 36.5 Å². The number of halogens is 2. The van der Waals surface area contributed by atoms with Gasteiger partial charge in [-0.15, -0.1) is 8.78 Å². The van der Waals surface area contributed by atoms with Crippen LogP contribution in [0.1, 0.15) is 61.7 Å². The van der Waals surface area contributed by atoms with Crippen LogP contribution in [0.4, 0.5) is 8.78 Å². The molecule has 1 aromatic carbocycles. The second-order valence-corrected chi connectivity index (χ2v) is 11.1. The summed E-state index contributed by atoms with van der Waals surface area (Å²) in [6.45, 7) is 0. The summed E-state index contributed by atoms with van der Waals surface area (Å²) in [5.41, 5.74) is 0.166. The first-order valence-corrected chi connectivity index (χ1v) is 12.4. The van der Waals surface area contributed by atoms with Crippen LogP contribution in [0.3, 0.4) is 0 Å². The summed E-state index contributed by atoms with van der Waals surface area (Å²) in [6.07, 6.45) is 0.0927. The highest BCUT2D eigenvalue weighted by Gasteiger charge is 2.49. The maximum atomic E-state index is 13.3. The zero-order valence-corrected chi connectivity index (χ0v) is 18.1. The van der Waals surface area contributed by atoms with E-state index in [9.17, 15) is 26.8 Å². The molecule has 0 radical (unpaired) electrons. The summed E-state index contributed by atoms with van der Waals surface area (Å²) >= 11 is 0. The van der Waals surface area contributed by atoms with Crippen molar-refractivity contribution >= 4 is 21.7 Å². The monoisotopic (exact) mass is 470 g/mol.